The van der Waals surface area contributed by atoms with Crippen LogP contribution in [0.2, 0.25) is 0 Å². The molecule has 24 heavy (non-hydrogen) atoms. The molecule has 2 saturated heterocycles. The smallest absolute Gasteiger partial charge is 0.407 e. The molecule has 1 aromatic rings. The summed E-state index contributed by atoms with van der Waals surface area (Å²) in [4.78, 5) is 37.3. The van der Waals surface area contributed by atoms with Gasteiger partial charge >= 0.3 is 18.0 Å². The van der Waals surface area contributed by atoms with Crippen molar-refractivity contribution in [1.29, 1.82) is 0 Å². The van der Waals surface area contributed by atoms with Crippen LogP contribution in [-0.4, -0.2) is 53.3 Å². The lowest BCUT2D eigenvalue weighted by atomic mass is 9.87. The summed E-state index contributed by atoms with van der Waals surface area (Å²) in [5.41, 5.74) is 0.397. The lowest BCUT2D eigenvalue weighted by Crippen LogP contribution is -2.56. The molecule has 0 aliphatic carbocycles. The maximum Gasteiger partial charge on any atom is 0.407 e. The van der Waals surface area contributed by atoms with Crippen LogP contribution in [0.15, 0.2) is 30.3 Å². The number of esters is 2. The molecular formula is C17H19NO6. The predicted octanol–water partition coefficient (Wildman–Crippen LogP) is 1.92. The molecule has 2 aliphatic heterocycles. The second-order valence-electron chi connectivity index (χ2n) is 6.08. The standard InChI is InChI=1S/C17H19NO6/c1-23-16(20)14-12-8-7-11(18(12)17(21)22)9-13(14)24-15(19)10-5-3-2-4-6-10/h2-6,11-14H,7-9H2,1H3,(H,21,22)/t11-,12+,13-,14+/m0/s1. The van der Waals surface area contributed by atoms with Gasteiger partial charge in [0.1, 0.15) is 12.0 Å². The fourth-order valence-electron chi connectivity index (χ4n) is 3.80. The SMILES string of the molecule is COC(=O)[C@H]1[C@@H](OC(=O)c2ccccc2)C[C@@H]2CC[C@H]1N2C(=O)O. The van der Waals surface area contributed by atoms with Gasteiger partial charge in [0.05, 0.1) is 18.7 Å². The van der Waals surface area contributed by atoms with Crippen molar-refractivity contribution in [3.8, 4) is 0 Å². The van der Waals surface area contributed by atoms with E-state index < -0.39 is 36.1 Å². The van der Waals surface area contributed by atoms with Crippen LogP contribution in [0.3, 0.4) is 0 Å². The lowest BCUT2D eigenvalue weighted by Gasteiger charge is -2.41. The van der Waals surface area contributed by atoms with Crippen molar-refractivity contribution < 1.29 is 29.0 Å². The summed E-state index contributed by atoms with van der Waals surface area (Å²) >= 11 is 0. The molecule has 1 amide bonds. The van der Waals surface area contributed by atoms with Gasteiger partial charge in [-0.3, -0.25) is 4.79 Å². The van der Waals surface area contributed by atoms with Gasteiger partial charge in [0, 0.05) is 12.5 Å². The fourth-order valence-corrected chi connectivity index (χ4v) is 3.80. The molecule has 0 aromatic heterocycles. The molecule has 7 nitrogen and oxygen atoms in total. The van der Waals surface area contributed by atoms with Crippen molar-refractivity contribution >= 4 is 18.0 Å². The Morgan fingerprint density at radius 3 is 2.50 bits per heavy atom. The van der Waals surface area contributed by atoms with Crippen LogP contribution >= 0.6 is 0 Å². The maximum absolute atomic E-state index is 12.3. The number of piperidine rings is 1. The van der Waals surface area contributed by atoms with Gasteiger partial charge in [0.2, 0.25) is 0 Å². The van der Waals surface area contributed by atoms with E-state index in [1.807, 2.05) is 0 Å². The monoisotopic (exact) mass is 333 g/mol. The van der Waals surface area contributed by atoms with E-state index in [1.165, 1.54) is 12.0 Å². The number of carbonyl (C=O) groups is 3. The van der Waals surface area contributed by atoms with Crippen LogP contribution in [0.5, 0.6) is 0 Å². The minimum atomic E-state index is -1.05. The van der Waals surface area contributed by atoms with Crippen molar-refractivity contribution in [3.05, 3.63) is 35.9 Å². The summed E-state index contributed by atoms with van der Waals surface area (Å²) in [7, 11) is 1.25. The van der Waals surface area contributed by atoms with Gasteiger partial charge in [-0.15, -0.1) is 0 Å². The average Bonchev–Trinajstić information content (AvgIpc) is 2.90. The van der Waals surface area contributed by atoms with E-state index in [-0.39, 0.29) is 6.04 Å². The van der Waals surface area contributed by atoms with Gasteiger partial charge in [-0.25, -0.2) is 9.59 Å². The van der Waals surface area contributed by atoms with E-state index in [1.54, 1.807) is 30.3 Å². The highest BCUT2D eigenvalue weighted by atomic mass is 16.6. The van der Waals surface area contributed by atoms with Crippen LogP contribution < -0.4 is 0 Å². The van der Waals surface area contributed by atoms with E-state index >= 15 is 0 Å². The Labute approximate surface area is 139 Å². The van der Waals surface area contributed by atoms with E-state index in [0.717, 1.165) is 0 Å². The second-order valence-corrected chi connectivity index (χ2v) is 6.08. The minimum Gasteiger partial charge on any atom is -0.469 e. The first-order chi connectivity index (χ1) is 11.5. The number of ether oxygens (including phenoxy) is 2. The molecule has 1 N–H and O–H groups in total. The Morgan fingerprint density at radius 1 is 1.17 bits per heavy atom. The molecule has 0 saturated carbocycles. The molecule has 4 atom stereocenters. The molecule has 7 heteroatoms. The van der Waals surface area contributed by atoms with Crippen LogP contribution in [0, 0.1) is 5.92 Å². The van der Waals surface area contributed by atoms with Crippen molar-refractivity contribution in [2.45, 2.75) is 37.5 Å². The van der Waals surface area contributed by atoms with E-state index in [4.69, 9.17) is 9.47 Å². The van der Waals surface area contributed by atoms with E-state index in [2.05, 4.69) is 0 Å². The van der Waals surface area contributed by atoms with Gasteiger partial charge in [-0.2, -0.15) is 0 Å². The molecule has 0 radical (unpaired) electrons. The zero-order chi connectivity index (χ0) is 17.3. The number of hydrogen-bond donors (Lipinski definition) is 1. The largest absolute Gasteiger partial charge is 0.469 e. The molecule has 2 aliphatic rings. The molecule has 2 fully saturated rings. The Hall–Kier alpha value is -2.57. The average molecular weight is 333 g/mol. The topological polar surface area (TPSA) is 93.1 Å². The van der Waals surface area contributed by atoms with Crippen molar-refractivity contribution in [3.63, 3.8) is 0 Å². The molecule has 1 aromatic carbocycles. The van der Waals surface area contributed by atoms with Crippen LogP contribution in [0.4, 0.5) is 4.79 Å². The third-order valence-electron chi connectivity index (χ3n) is 4.83. The molecule has 2 heterocycles. The van der Waals surface area contributed by atoms with Gasteiger partial charge < -0.3 is 19.5 Å². The zero-order valence-electron chi connectivity index (χ0n) is 13.3. The predicted molar refractivity (Wildman–Crippen MR) is 82.4 cm³/mol. The number of nitrogens with zero attached hydrogens (tertiary/aromatic N) is 1. The maximum atomic E-state index is 12.3. The summed E-state index contributed by atoms with van der Waals surface area (Å²) in [6.45, 7) is 0. The number of benzene rings is 1. The number of carbonyl (C=O) groups excluding carboxylic acids is 2. The van der Waals surface area contributed by atoms with Crippen molar-refractivity contribution in [2.24, 2.45) is 5.92 Å². The first-order valence-electron chi connectivity index (χ1n) is 7.88. The van der Waals surface area contributed by atoms with E-state index in [0.29, 0.717) is 24.8 Å². The first kappa shape index (κ1) is 16.3. The highest BCUT2D eigenvalue weighted by Gasteiger charge is 2.54. The van der Waals surface area contributed by atoms with Crippen LogP contribution in [0.25, 0.3) is 0 Å². The molecule has 2 bridgehead atoms. The summed E-state index contributed by atoms with van der Waals surface area (Å²) in [6.07, 6.45) is -0.205. The summed E-state index contributed by atoms with van der Waals surface area (Å²) in [6, 6.07) is 7.77. The Bertz CT molecular complexity index is 646. The number of methoxy groups -OCH3 is 1. The Morgan fingerprint density at radius 2 is 1.88 bits per heavy atom. The van der Waals surface area contributed by atoms with Gasteiger partial charge in [-0.1, -0.05) is 18.2 Å². The highest BCUT2D eigenvalue weighted by molar-refractivity contribution is 5.89. The van der Waals surface area contributed by atoms with Gasteiger partial charge in [0.15, 0.2) is 0 Å². The molecule has 0 spiro atoms. The number of carboxylic acid groups (broad SMARTS) is 1. The molecule has 3 rings (SSSR count). The minimum absolute atomic E-state index is 0.234. The highest BCUT2D eigenvalue weighted by Crippen LogP contribution is 2.41. The number of fused-ring (bicyclic) bond motifs is 2. The third-order valence-corrected chi connectivity index (χ3v) is 4.83. The number of amides is 1. The lowest BCUT2D eigenvalue weighted by molar-refractivity contribution is -0.155. The Balaban J connectivity index is 1.83. The third kappa shape index (κ3) is 2.81. The number of rotatable bonds is 3. The van der Waals surface area contributed by atoms with E-state index in [9.17, 15) is 19.5 Å². The quantitative estimate of drug-likeness (QED) is 0.850. The Kier molecular flexibility index (Phi) is 4.42. The summed E-state index contributed by atoms with van der Waals surface area (Å²) < 4.78 is 10.4. The first-order valence-corrected chi connectivity index (χ1v) is 7.88. The zero-order valence-corrected chi connectivity index (χ0v) is 13.3. The second kappa shape index (κ2) is 6.51. The normalized spacial score (nSPS) is 28.3. The molecular weight excluding hydrogens is 314 g/mol. The summed E-state index contributed by atoms with van der Waals surface area (Å²) in [5, 5.41) is 9.40. The van der Waals surface area contributed by atoms with Crippen LogP contribution in [-0.2, 0) is 14.3 Å². The van der Waals surface area contributed by atoms with Crippen molar-refractivity contribution in [1.82, 2.24) is 4.90 Å². The fraction of sp³-hybridized carbons (Fsp3) is 0.471. The number of hydrogen-bond acceptors (Lipinski definition) is 5. The van der Waals surface area contributed by atoms with Crippen molar-refractivity contribution in [2.75, 3.05) is 7.11 Å². The van der Waals surface area contributed by atoms with Gasteiger partial charge in [0.25, 0.3) is 0 Å². The summed E-state index contributed by atoms with van der Waals surface area (Å²) in [5.74, 6) is -1.85. The molecule has 0 unspecified atom stereocenters. The van der Waals surface area contributed by atoms with Gasteiger partial charge in [-0.05, 0) is 25.0 Å². The molecule has 128 valence electrons. The van der Waals surface area contributed by atoms with Crippen LogP contribution in [0.1, 0.15) is 29.6 Å².